The maximum atomic E-state index is 12.7. The van der Waals surface area contributed by atoms with Crippen molar-refractivity contribution in [2.45, 2.75) is 41.5 Å². The van der Waals surface area contributed by atoms with Crippen molar-refractivity contribution in [3.05, 3.63) is 77.7 Å². The molecule has 0 unspecified atom stereocenters. The molecule has 0 radical (unpaired) electrons. The molecular formula is C30H31N5O2S. The first-order chi connectivity index (χ1) is 18.7. The number of fused-ring (bicyclic) bond motifs is 1. The van der Waals surface area contributed by atoms with Gasteiger partial charge in [0.15, 0.2) is 0 Å². The second-order valence-corrected chi connectivity index (χ2v) is 10.9. The number of likely N-dealkylation sites (tertiary alicyclic amines) is 1. The number of aromatic nitrogens is 3. The zero-order valence-electron chi connectivity index (χ0n) is 21.2. The van der Waals surface area contributed by atoms with Crippen molar-refractivity contribution in [1.29, 1.82) is 0 Å². The monoisotopic (exact) mass is 525 g/mol. The Morgan fingerprint density at radius 3 is 2.84 bits per heavy atom. The number of benzene rings is 2. The Morgan fingerprint density at radius 1 is 1.11 bits per heavy atom. The van der Waals surface area contributed by atoms with Crippen molar-refractivity contribution in [3.8, 4) is 5.75 Å². The van der Waals surface area contributed by atoms with Gasteiger partial charge in [-0.3, -0.25) is 19.8 Å². The maximum absolute atomic E-state index is 12.7. The molecular weight excluding hydrogens is 494 g/mol. The molecule has 38 heavy (non-hydrogen) atoms. The number of hydrogen-bond donors (Lipinski definition) is 2. The van der Waals surface area contributed by atoms with E-state index in [1.54, 1.807) is 18.0 Å². The number of aromatic amines is 1. The Bertz CT molecular complexity index is 1460. The van der Waals surface area contributed by atoms with Crippen LogP contribution in [0.1, 0.15) is 47.4 Å². The van der Waals surface area contributed by atoms with Gasteiger partial charge in [0.1, 0.15) is 12.4 Å². The lowest BCUT2D eigenvalue weighted by Crippen LogP contribution is -2.25. The number of nitrogens with one attached hydrogen (secondary N) is 2. The van der Waals surface area contributed by atoms with E-state index in [1.165, 1.54) is 25.9 Å². The summed E-state index contributed by atoms with van der Waals surface area (Å²) in [5, 5.41) is 11.8. The summed E-state index contributed by atoms with van der Waals surface area (Å²) < 4.78 is 5.96. The molecule has 6 rings (SSSR count). The Morgan fingerprint density at radius 2 is 1.97 bits per heavy atom. The molecule has 7 nitrogen and oxygen atoms in total. The van der Waals surface area contributed by atoms with Crippen LogP contribution >= 0.6 is 11.8 Å². The molecule has 0 spiro atoms. The van der Waals surface area contributed by atoms with Crippen molar-refractivity contribution in [2.75, 3.05) is 26.2 Å². The van der Waals surface area contributed by atoms with Gasteiger partial charge < -0.3 is 10.1 Å². The van der Waals surface area contributed by atoms with Crippen LogP contribution in [0.5, 0.6) is 5.75 Å². The molecule has 1 saturated heterocycles. The number of amides is 1. The summed E-state index contributed by atoms with van der Waals surface area (Å²) in [6.07, 6.45) is 10.4. The summed E-state index contributed by atoms with van der Waals surface area (Å²) in [7, 11) is 0. The Kier molecular flexibility index (Phi) is 7.42. The minimum absolute atomic E-state index is 0.000289. The lowest BCUT2D eigenvalue weighted by Gasteiger charge is -2.14. The fourth-order valence-electron chi connectivity index (χ4n) is 4.64. The van der Waals surface area contributed by atoms with Gasteiger partial charge in [0.25, 0.3) is 5.91 Å². The van der Waals surface area contributed by atoms with E-state index < -0.39 is 0 Å². The third-order valence-corrected chi connectivity index (χ3v) is 7.94. The second-order valence-electron chi connectivity index (χ2n) is 9.81. The van der Waals surface area contributed by atoms with Gasteiger partial charge in [-0.05, 0) is 87.3 Å². The summed E-state index contributed by atoms with van der Waals surface area (Å²) in [5.41, 5.74) is 3.34. The lowest BCUT2D eigenvalue weighted by molar-refractivity contribution is 0.0948. The van der Waals surface area contributed by atoms with E-state index >= 15 is 0 Å². The highest BCUT2D eigenvalue weighted by Gasteiger charge is 2.25. The van der Waals surface area contributed by atoms with Crippen molar-refractivity contribution in [3.63, 3.8) is 0 Å². The third-order valence-electron chi connectivity index (χ3n) is 6.88. The largest absolute Gasteiger partial charge is 0.492 e. The number of carbonyl (C=O) groups is 1. The second kappa shape index (κ2) is 11.4. The standard InChI is InChI=1S/C30H31N5O2S/c36-30(32-21-7-8-21)26-5-1-2-6-29(26)38-24-10-11-25-27(33-34-28(25)20-24)12-9-22-19-23(13-14-31-22)37-18-17-35-15-3-4-16-35/h1-2,5-6,9-14,19-21H,3-4,7-8,15-18H2,(H,32,36)(H,33,34)/b12-9+. The first-order valence-electron chi connectivity index (χ1n) is 13.3. The molecule has 8 heteroatoms. The number of pyridine rings is 1. The normalized spacial score (nSPS) is 15.9. The number of nitrogens with zero attached hydrogens (tertiary/aromatic N) is 3. The molecule has 1 saturated carbocycles. The highest BCUT2D eigenvalue weighted by atomic mass is 32.2. The van der Waals surface area contributed by atoms with Crippen LogP contribution in [0.2, 0.25) is 0 Å². The van der Waals surface area contributed by atoms with Crippen LogP contribution in [0.4, 0.5) is 0 Å². The van der Waals surface area contributed by atoms with Gasteiger partial charge in [0, 0.05) is 40.0 Å². The number of ether oxygens (including phenoxy) is 1. The Balaban J connectivity index is 1.12. The smallest absolute Gasteiger partial charge is 0.252 e. The SMILES string of the molecule is O=C(NC1CC1)c1ccccc1Sc1ccc2c(/C=C/c3cc(OCCN4CCCC4)ccn3)n[nH]c2c1. The lowest BCUT2D eigenvalue weighted by atomic mass is 10.2. The number of H-pyrrole nitrogens is 1. The Hall–Kier alpha value is -3.62. The highest BCUT2D eigenvalue weighted by Crippen LogP contribution is 2.33. The Labute approximate surface area is 226 Å². The summed E-state index contributed by atoms with van der Waals surface area (Å²) >= 11 is 1.59. The van der Waals surface area contributed by atoms with Gasteiger partial charge in [0.05, 0.1) is 22.5 Å². The van der Waals surface area contributed by atoms with Crippen LogP contribution in [-0.4, -0.2) is 58.3 Å². The molecule has 194 valence electrons. The van der Waals surface area contributed by atoms with E-state index in [1.807, 2.05) is 48.6 Å². The predicted molar refractivity (Wildman–Crippen MR) is 151 cm³/mol. The number of carbonyl (C=O) groups excluding carboxylic acids is 1. The molecule has 2 fully saturated rings. The van der Waals surface area contributed by atoms with Crippen molar-refractivity contribution in [1.82, 2.24) is 25.4 Å². The summed E-state index contributed by atoms with van der Waals surface area (Å²) in [6.45, 7) is 4.01. The zero-order chi connectivity index (χ0) is 25.7. The molecule has 1 amide bonds. The molecule has 2 N–H and O–H groups in total. The topological polar surface area (TPSA) is 83.1 Å². The van der Waals surface area contributed by atoms with Crippen LogP contribution in [0.15, 0.2) is 70.6 Å². The van der Waals surface area contributed by atoms with E-state index in [0.717, 1.165) is 57.2 Å². The zero-order valence-corrected chi connectivity index (χ0v) is 22.0. The number of hydrogen-bond acceptors (Lipinski definition) is 6. The summed E-state index contributed by atoms with van der Waals surface area (Å²) in [6, 6.07) is 18.2. The van der Waals surface area contributed by atoms with Crippen LogP contribution in [-0.2, 0) is 0 Å². The van der Waals surface area contributed by atoms with Gasteiger partial charge in [0.2, 0.25) is 0 Å². The third kappa shape index (κ3) is 6.09. The molecule has 1 aliphatic heterocycles. The van der Waals surface area contributed by atoms with Crippen LogP contribution in [0, 0.1) is 0 Å². The molecule has 2 aromatic carbocycles. The summed E-state index contributed by atoms with van der Waals surface area (Å²) in [5.74, 6) is 0.832. The van der Waals surface area contributed by atoms with Gasteiger partial charge in [-0.25, -0.2) is 0 Å². The highest BCUT2D eigenvalue weighted by molar-refractivity contribution is 7.99. The number of rotatable bonds is 10. The van der Waals surface area contributed by atoms with Crippen LogP contribution in [0.3, 0.4) is 0 Å². The quantitative estimate of drug-likeness (QED) is 0.279. The fourth-order valence-corrected chi connectivity index (χ4v) is 5.63. The van der Waals surface area contributed by atoms with Gasteiger partial charge in [-0.2, -0.15) is 5.10 Å². The maximum Gasteiger partial charge on any atom is 0.252 e. The average molecular weight is 526 g/mol. The fraction of sp³-hybridized carbons (Fsp3) is 0.300. The summed E-state index contributed by atoms with van der Waals surface area (Å²) in [4.78, 5) is 21.6. The van der Waals surface area contributed by atoms with Crippen LogP contribution in [0.25, 0.3) is 23.1 Å². The molecule has 2 aliphatic rings. The molecule has 4 aromatic rings. The predicted octanol–water partition coefficient (Wildman–Crippen LogP) is 5.65. The van der Waals surface area contributed by atoms with Crippen molar-refractivity contribution < 1.29 is 9.53 Å². The van der Waals surface area contributed by atoms with E-state index in [4.69, 9.17) is 4.74 Å². The first kappa shape index (κ1) is 24.7. The van der Waals surface area contributed by atoms with E-state index in [2.05, 4.69) is 43.6 Å². The van der Waals surface area contributed by atoms with Gasteiger partial charge in [-0.1, -0.05) is 23.9 Å². The molecule has 0 atom stereocenters. The minimum Gasteiger partial charge on any atom is -0.492 e. The van der Waals surface area contributed by atoms with Crippen molar-refractivity contribution >= 4 is 40.7 Å². The molecule has 1 aliphatic carbocycles. The van der Waals surface area contributed by atoms with Gasteiger partial charge in [-0.15, -0.1) is 0 Å². The first-order valence-corrected chi connectivity index (χ1v) is 14.1. The average Bonchev–Trinajstić information content (AvgIpc) is 3.42. The molecule has 2 aromatic heterocycles. The van der Waals surface area contributed by atoms with Gasteiger partial charge >= 0.3 is 0 Å². The van der Waals surface area contributed by atoms with Crippen molar-refractivity contribution in [2.24, 2.45) is 0 Å². The van der Waals surface area contributed by atoms with E-state index in [0.29, 0.717) is 18.2 Å². The molecule has 3 heterocycles. The molecule has 0 bridgehead atoms. The van der Waals surface area contributed by atoms with Crippen LogP contribution < -0.4 is 10.1 Å². The van der Waals surface area contributed by atoms with E-state index in [-0.39, 0.29) is 5.91 Å². The van der Waals surface area contributed by atoms with E-state index in [9.17, 15) is 4.79 Å². The minimum atomic E-state index is 0.000289.